The highest BCUT2D eigenvalue weighted by molar-refractivity contribution is 5.88. The van der Waals surface area contributed by atoms with Gasteiger partial charge in [0.25, 0.3) is 0 Å². The summed E-state index contributed by atoms with van der Waals surface area (Å²) >= 11 is 0. The van der Waals surface area contributed by atoms with E-state index in [1.807, 2.05) is 62.4 Å². The summed E-state index contributed by atoms with van der Waals surface area (Å²) in [5, 5.41) is 11.2. The van der Waals surface area contributed by atoms with Crippen molar-refractivity contribution in [3.05, 3.63) is 71.3 Å². The number of aliphatic carboxylic acids is 1. The molecule has 3 aromatic rings. The fourth-order valence-electron chi connectivity index (χ4n) is 3.27. The molecular weight excluding hydrogens is 340 g/mol. The number of hydrogen-bond acceptors (Lipinski definition) is 3. The van der Waals surface area contributed by atoms with Crippen LogP contribution in [0.5, 0.6) is 11.5 Å². The highest BCUT2D eigenvalue weighted by Gasteiger charge is 2.11. The molecule has 0 amide bonds. The van der Waals surface area contributed by atoms with E-state index in [0.717, 1.165) is 39.0 Å². The zero-order valence-electron chi connectivity index (χ0n) is 15.7. The monoisotopic (exact) mass is 364 g/mol. The second kappa shape index (κ2) is 8.58. The number of rotatable bonds is 8. The van der Waals surface area contributed by atoms with Gasteiger partial charge in [0, 0.05) is 12.0 Å². The Morgan fingerprint density at radius 2 is 1.63 bits per heavy atom. The van der Waals surface area contributed by atoms with E-state index in [9.17, 15) is 4.79 Å². The Balaban J connectivity index is 1.70. The van der Waals surface area contributed by atoms with Gasteiger partial charge in [0.15, 0.2) is 0 Å². The van der Waals surface area contributed by atoms with Crippen molar-refractivity contribution in [2.75, 3.05) is 13.2 Å². The highest BCUT2D eigenvalue weighted by Crippen LogP contribution is 2.29. The minimum absolute atomic E-state index is 0.0729. The minimum Gasteiger partial charge on any atom is -0.490 e. The third-order valence-corrected chi connectivity index (χ3v) is 4.39. The van der Waals surface area contributed by atoms with E-state index in [0.29, 0.717) is 19.6 Å². The van der Waals surface area contributed by atoms with Crippen molar-refractivity contribution in [1.29, 1.82) is 0 Å². The van der Waals surface area contributed by atoms with Crippen LogP contribution < -0.4 is 9.47 Å². The van der Waals surface area contributed by atoms with Crippen LogP contribution in [0.4, 0.5) is 0 Å². The molecule has 0 spiro atoms. The Hall–Kier alpha value is -3.01. The van der Waals surface area contributed by atoms with Gasteiger partial charge in [-0.05, 0) is 60.4 Å². The van der Waals surface area contributed by atoms with Crippen molar-refractivity contribution < 1.29 is 19.4 Å². The molecule has 0 aliphatic rings. The van der Waals surface area contributed by atoms with E-state index in [-0.39, 0.29) is 6.42 Å². The molecule has 0 aliphatic carbocycles. The van der Waals surface area contributed by atoms with Crippen LogP contribution in [0, 0.1) is 13.8 Å². The average molecular weight is 364 g/mol. The van der Waals surface area contributed by atoms with E-state index in [1.54, 1.807) is 0 Å². The lowest BCUT2D eigenvalue weighted by atomic mass is 10.00. The fourth-order valence-corrected chi connectivity index (χ4v) is 3.27. The van der Waals surface area contributed by atoms with E-state index in [4.69, 9.17) is 14.6 Å². The normalized spacial score (nSPS) is 10.7. The van der Waals surface area contributed by atoms with Gasteiger partial charge >= 0.3 is 5.97 Å². The number of ether oxygens (including phenoxy) is 2. The van der Waals surface area contributed by atoms with Gasteiger partial charge in [0.05, 0.1) is 0 Å². The molecule has 0 aromatic heterocycles. The molecule has 0 saturated carbocycles. The SMILES string of the molecule is Cc1cc(C)cc(OCCOc2ccc3ccccc3c2CCC(=O)O)c1. The molecule has 0 heterocycles. The summed E-state index contributed by atoms with van der Waals surface area (Å²) in [5.74, 6) is 0.742. The molecule has 4 heteroatoms. The maximum atomic E-state index is 11.0. The third-order valence-electron chi connectivity index (χ3n) is 4.39. The lowest BCUT2D eigenvalue weighted by Crippen LogP contribution is -2.11. The minimum atomic E-state index is -0.813. The maximum absolute atomic E-state index is 11.0. The summed E-state index contributed by atoms with van der Waals surface area (Å²) in [5.41, 5.74) is 3.26. The first kappa shape index (κ1) is 18.8. The van der Waals surface area contributed by atoms with Crippen LogP contribution in [-0.4, -0.2) is 24.3 Å². The van der Waals surface area contributed by atoms with Gasteiger partial charge < -0.3 is 14.6 Å². The largest absolute Gasteiger partial charge is 0.490 e. The van der Waals surface area contributed by atoms with Gasteiger partial charge in [-0.25, -0.2) is 0 Å². The number of carboxylic acid groups (broad SMARTS) is 1. The quantitative estimate of drug-likeness (QED) is 0.576. The smallest absolute Gasteiger partial charge is 0.303 e. The fraction of sp³-hybridized carbons (Fsp3) is 0.261. The predicted molar refractivity (Wildman–Crippen MR) is 107 cm³/mol. The molecule has 140 valence electrons. The van der Waals surface area contributed by atoms with Gasteiger partial charge in [-0.15, -0.1) is 0 Å². The Morgan fingerprint density at radius 3 is 2.37 bits per heavy atom. The topological polar surface area (TPSA) is 55.8 Å². The van der Waals surface area contributed by atoms with E-state index < -0.39 is 5.97 Å². The van der Waals surface area contributed by atoms with E-state index >= 15 is 0 Å². The first-order valence-corrected chi connectivity index (χ1v) is 9.09. The van der Waals surface area contributed by atoms with E-state index in [1.165, 1.54) is 0 Å². The molecule has 4 nitrogen and oxygen atoms in total. The first-order valence-electron chi connectivity index (χ1n) is 9.09. The van der Waals surface area contributed by atoms with Gasteiger partial charge in [-0.2, -0.15) is 0 Å². The van der Waals surface area contributed by atoms with Crippen molar-refractivity contribution in [1.82, 2.24) is 0 Å². The summed E-state index contributed by atoms with van der Waals surface area (Å²) < 4.78 is 11.7. The second-order valence-electron chi connectivity index (χ2n) is 6.68. The van der Waals surface area contributed by atoms with Gasteiger partial charge in [-0.3, -0.25) is 4.79 Å². The Labute approximate surface area is 159 Å². The number of fused-ring (bicyclic) bond motifs is 1. The predicted octanol–water partition coefficient (Wildman–Crippen LogP) is 4.93. The van der Waals surface area contributed by atoms with Crippen LogP contribution in [0.3, 0.4) is 0 Å². The van der Waals surface area contributed by atoms with Crippen LogP contribution in [0.2, 0.25) is 0 Å². The standard InChI is InChI=1S/C23H24O4/c1-16-13-17(2)15-19(14-16)26-11-12-27-22-9-7-18-5-3-4-6-20(18)21(22)8-10-23(24)25/h3-7,9,13-15H,8,10-12H2,1-2H3,(H,24,25). The summed E-state index contributed by atoms with van der Waals surface area (Å²) in [4.78, 5) is 11.0. The molecule has 3 aromatic carbocycles. The summed E-state index contributed by atoms with van der Waals surface area (Å²) in [6.07, 6.45) is 0.507. The first-order chi connectivity index (χ1) is 13.0. The van der Waals surface area contributed by atoms with Crippen LogP contribution in [0.1, 0.15) is 23.1 Å². The molecule has 0 radical (unpaired) electrons. The molecule has 3 rings (SSSR count). The molecule has 0 bridgehead atoms. The van der Waals surface area contributed by atoms with Crippen molar-refractivity contribution in [3.63, 3.8) is 0 Å². The van der Waals surface area contributed by atoms with Gasteiger partial charge in [-0.1, -0.05) is 36.4 Å². The summed E-state index contributed by atoms with van der Waals surface area (Å²) in [6, 6.07) is 18.0. The molecule has 27 heavy (non-hydrogen) atoms. The van der Waals surface area contributed by atoms with Crippen molar-refractivity contribution in [2.24, 2.45) is 0 Å². The number of benzene rings is 3. The Morgan fingerprint density at radius 1 is 0.926 bits per heavy atom. The van der Waals surface area contributed by atoms with Crippen molar-refractivity contribution >= 4 is 16.7 Å². The molecule has 0 saturated heterocycles. The Bertz CT molecular complexity index is 926. The molecule has 0 aliphatic heterocycles. The van der Waals surface area contributed by atoms with Gasteiger partial charge in [0.2, 0.25) is 0 Å². The third kappa shape index (κ3) is 5.00. The maximum Gasteiger partial charge on any atom is 0.303 e. The van der Waals surface area contributed by atoms with Crippen LogP contribution >= 0.6 is 0 Å². The summed E-state index contributed by atoms with van der Waals surface area (Å²) in [7, 11) is 0. The highest BCUT2D eigenvalue weighted by atomic mass is 16.5. The lowest BCUT2D eigenvalue weighted by Gasteiger charge is -2.14. The van der Waals surface area contributed by atoms with Gasteiger partial charge in [0.1, 0.15) is 24.7 Å². The van der Waals surface area contributed by atoms with Crippen molar-refractivity contribution in [2.45, 2.75) is 26.7 Å². The average Bonchev–Trinajstić information content (AvgIpc) is 2.63. The molecule has 1 N–H and O–H groups in total. The zero-order valence-corrected chi connectivity index (χ0v) is 15.7. The molecular formula is C23H24O4. The number of carboxylic acids is 1. The Kier molecular flexibility index (Phi) is 5.97. The molecule has 0 atom stereocenters. The van der Waals surface area contributed by atoms with Crippen LogP contribution in [0.25, 0.3) is 10.8 Å². The van der Waals surface area contributed by atoms with Crippen LogP contribution in [-0.2, 0) is 11.2 Å². The number of aryl methyl sites for hydroxylation is 3. The lowest BCUT2D eigenvalue weighted by molar-refractivity contribution is -0.136. The zero-order chi connectivity index (χ0) is 19.2. The second-order valence-corrected chi connectivity index (χ2v) is 6.68. The van der Waals surface area contributed by atoms with Crippen molar-refractivity contribution in [3.8, 4) is 11.5 Å². The van der Waals surface area contributed by atoms with E-state index in [2.05, 4.69) is 6.07 Å². The number of hydrogen-bond donors (Lipinski definition) is 1. The molecule has 0 unspecified atom stereocenters. The van der Waals surface area contributed by atoms with Crippen LogP contribution in [0.15, 0.2) is 54.6 Å². The summed E-state index contributed by atoms with van der Waals surface area (Å²) in [6.45, 7) is 4.90. The molecule has 0 fully saturated rings. The number of carbonyl (C=O) groups is 1.